The van der Waals surface area contributed by atoms with Crippen molar-refractivity contribution >= 4 is 23.5 Å². The first-order chi connectivity index (χ1) is 12.9. The van der Waals surface area contributed by atoms with Crippen molar-refractivity contribution in [2.75, 3.05) is 6.54 Å². The Kier molecular flexibility index (Phi) is 5.70. The largest absolute Gasteiger partial charge is 0.417 e. The Morgan fingerprint density at radius 2 is 2.00 bits per heavy atom. The van der Waals surface area contributed by atoms with E-state index in [0.29, 0.717) is 16.3 Å². The predicted molar refractivity (Wildman–Crippen MR) is 92.6 cm³/mol. The Bertz CT molecular complexity index is 835. The van der Waals surface area contributed by atoms with E-state index in [1.165, 1.54) is 12.1 Å². The highest BCUT2D eigenvalue weighted by Crippen LogP contribution is 2.24. The van der Waals surface area contributed by atoms with E-state index in [-0.39, 0.29) is 12.4 Å². The Morgan fingerprint density at radius 3 is 2.63 bits per heavy atom. The second-order valence-electron chi connectivity index (χ2n) is 5.68. The van der Waals surface area contributed by atoms with Crippen LogP contribution in [0.25, 0.3) is 0 Å². The number of hydrogen-bond donors (Lipinski definition) is 3. The highest BCUT2D eigenvalue weighted by Gasteiger charge is 2.29. The normalized spacial score (nSPS) is 17.2. The average Bonchev–Trinajstić information content (AvgIpc) is 3.07. The lowest BCUT2D eigenvalue weighted by Gasteiger charge is -2.21. The molecule has 1 aromatic carbocycles. The minimum absolute atomic E-state index is 0.139. The first kappa shape index (κ1) is 18.8. The number of carbonyl (C=O) groups is 2. The van der Waals surface area contributed by atoms with Gasteiger partial charge in [0.15, 0.2) is 0 Å². The topological polar surface area (TPSA) is 92.4 Å². The number of aromatic nitrogens is 1. The van der Waals surface area contributed by atoms with Crippen molar-refractivity contribution in [3.63, 3.8) is 0 Å². The lowest BCUT2D eigenvalue weighted by molar-refractivity contribution is -0.123. The molecule has 0 saturated carbocycles. The van der Waals surface area contributed by atoms with Crippen molar-refractivity contribution in [1.82, 2.24) is 20.9 Å². The Labute approximate surface area is 158 Å². The number of carbonyl (C=O) groups excluding carboxylic acids is 2. The number of nitrogens with one attached hydrogen (secondary N) is 3. The third kappa shape index (κ3) is 4.82. The lowest BCUT2D eigenvalue weighted by atomic mass is 10.0. The molecule has 27 heavy (non-hydrogen) atoms. The van der Waals surface area contributed by atoms with Crippen molar-refractivity contribution in [3.8, 4) is 5.88 Å². The molecule has 1 saturated heterocycles. The number of halogens is 3. The summed E-state index contributed by atoms with van der Waals surface area (Å²) in [7, 11) is 0. The first-order valence-corrected chi connectivity index (χ1v) is 8.32. The smallest absolute Gasteiger partial charge is 0.388 e. The SMILES string of the molecule is O=C1NC[C@@H](C(=O)N[C@@H](c2ccc(Cl)cc2)c2cccc(OC(F)F)n2)N1. The Hall–Kier alpha value is -2.94. The highest BCUT2D eigenvalue weighted by molar-refractivity contribution is 6.30. The van der Waals surface area contributed by atoms with Gasteiger partial charge in [0, 0.05) is 17.6 Å². The molecule has 0 bridgehead atoms. The van der Waals surface area contributed by atoms with Gasteiger partial charge in [0.1, 0.15) is 6.04 Å². The zero-order chi connectivity index (χ0) is 19.4. The summed E-state index contributed by atoms with van der Waals surface area (Å²) < 4.78 is 29.3. The Morgan fingerprint density at radius 1 is 1.26 bits per heavy atom. The van der Waals surface area contributed by atoms with Gasteiger partial charge in [0.2, 0.25) is 11.8 Å². The number of pyridine rings is 1. The van der Waals surface area contributed by atoms with Crippen LogP contribution in [0, 0.1) is 0 Å². The molecular formula is C17H15ClF2N4O3. The van der Waals surface area contributed by atoms with E-state index in [4.69, 9.17) is 11.6 Å². The highest BCUT2D eigenvalue weighted by atomic mass is 35.5. The van der Waals surface area contributed by atoms with E-state index in [1.54, 1.807) is 30.3 Å². The number of rotatable bonds is 6. The van der Waals surface area contributed by atoms with Crippen molar-refractivity contribution in [1.29, 1.82) is 0 Å². The van der Waals surface area contributed by atoms with Crippen LogP contribution in [0.2, 0.25) is 5.02 Å². The summed E-state index contributed by atoms with van der Waals surface area (Å²) in [5.74, 6) is -0.721. The molecule has 0 aliphatic carbocycles. The van der Waals surface area contributed by atoms with Crippen molar-refractivity contribution in [3.05, 3.63) is 58.7 Å². The molecule has 7 nitrogen and oxygen atoms in total. The molecule has 3 N–H and O–H groups in total. The average molecular weight is 397 g/mol. The molecule has 1 fully saturated rings. The molecule has 2 aromatic rings. The van der Waals surface area contributed by atoms with Gasteiger partial charge in [-0.1, -0.05) is 29.8 Å². The monoisotopic (exact) mass is 396 g/mol. The van der Waals surface area contributed by atoms with E-state index in [0.717, 1.165) is 0 Å². The maximum atomic E-state index is 12.5. The maximum Gasteiger partial charge on any atom is 0.388 e. The molecule has 1 aliphatic heterocycles. The molecule has 10 heteroatoms. The quantitative estimate of drug-likeness (QED) is 0.698. The molecule has 0 spiro atoms. The van der Waals surface area contributed by atoms with E-state index in [2.05, 4.69) is 25.7 Å². The van der Waals surface area contributed by atoms with Gasteiger partial charge >= 0.3 is 12.6 Å². The lowest BCUT2D eigenvalue weighted by Crippen LogP contribution is -2.44. The summed E-state index contributed by atoms with van der Waals surface area (Å²) in [5.41, 5.74) is 0.924. The number of benzene rings is 1. The number of amides is 3. The van der Waals surface area contributed by atoms with Crippen LogP contribution in [0.1, 0.15) is 17.3 Å². The third-order valence-corrected chi connectivity index (χ3v) is 4.08. The van der Waals surface area contributed by atoms with Crippen LogP contribution in [0.5, 0.6) is 5.88 Å². The second-order valence-corrected chi connectivity index (χ2v) is 6.12. The number of urea groups is 1. The van der Waals surface area contributed by atoms with Crippen LogP contribution >= 0.6 is 11.6 Å². The fourth-order valence-corrected chi connectivity index (χ4v) is 2.71. The van der Waals surface area contributed by atoms with Crippen LogP contribution in [0.4, 0.5) is 13.6 Å². The van der Waals surface area contributed by atoms with Gasteiger partial charge in [-0.05, 0) is 23.8 Å². The van der Waals surface area contributed by atoms with E-state index in [1.807, 2.05) is 0 Å². The molecule has 3 rings (SSSR count). The summed E-state index contributed by atoms with van der Waals surface area (Å²) >= 11 is 5.91. The fourth-order valence-electron chi connectivity index (χ4n) is 2.59. The third-order valence-electron chi connectivity index (χ3n) is 3.83. The zero-order valence-electron chi connectivity index (χ0n) is 13.8. The molecule has 142 valence electrons. The number of nitrogens with zero attached hydrogens (tertiary/aromatic N) is 1. The number of hydrogen-bond acceptors (Lipinski definition) is 4. The summed E-state index contributed by atoms with van der Waals surface area (Å²) in [5, 5.41) is 8.24. The summed E-state index contributed by atoms with van der Waals surface area (Å²) in [4.78, 5) is 27.8. The van der Waals surface area contributed by atoms with Crippen LogP contribution in [0.3, 0.4) is 0 Å². The molecule has 0 radical (unpaired) electrons. The number of ether oxygens (including phenoxy) is 1. The summed E-state index contributed by atoms with van der Waals surface area (Å²) in [6.07, 6.45) is 0. The molecule has 2 heterocycles. The second kappa shape index (κ2) is 8.17. The van der Waals surface area contributed by atoms with Gasteiger partial charge < -0.3 is 20.7 Å². The molecular weight excluding hydrogens is 382 g/mol. The van der Waals surface area contributed by atoms with Crippen LogP contribution in [-0.2, 0) is 4.79 Å². The molecule has 1 aliphatic rings. The zero-order valence-corrected chi connectivity index (χ0v) is 14.5. The standard InChI is InChI=1S/C17H15ClF2N4O3/c18-10-6-4-9(5-7-10)14(24-15(25)12-8-21-17(26)23-12)11-2-1-3-13(22-11)27-16(19)20/h1-7,12,14,16H,8H2,(H,24,25)(H2,21,23,26)/t12-,14-/m0/s1. The maximum absolute atomic E-state index is 12.5. The van der Waals surface area contributed by atoms with E-state index < -0.39 is 30.6 Å². The fraction of sp³-hybridized carbons (Fsp3) is 0.235. The minimum Gasteiger partial charge on any atom is -0.417 e. The molecule has 1 aromatic heterocycles. The van der Waals surface area contributed by atoms with Gasteiger partial charge in [-0.3, -0.25) is 4.79 Å². The summed E-state index contributed by atoms with van der Waals surface area (Å²) in [6, 6.07) is 9.03. The van der Waals surface area contributed by atoms with Gasteiger partial charge in [-0.15, -0.1) is 0 Å². The van der Waals surface area contributed by atoms with Gasteiger partial charge in [0.25, 0.3) is 0 Å². The molecule has 3 amide bonds. The molecule has 0 unspecified atom stereocenters. The predicted octanol–water partition coefficient (Wildman–Crippen LogP) is 2.22. The molecule has 2 atom stereocenters. The minimum atomic E-state index is -3.02. The van der Waals surface area contributed by atoms with Crippen molar-refractivity contribution in [2.24, 2.45) is 0 Å². The van der Waals surface area contributed by atoms with Crippen molar-refractivity contribution in [2.45, 2.75) is 18.7 Å². The van der Waals surface area contributed by atoms with E-state index in [9.17, 15) is 18.4 Å². The summed E-state index contributed by atoms with van der Waals surface area (Å²) in [6.45, 7) is -2.88. The van der Waals surface area contributed by atoms with Crippen molar-refractivity contribution < 1.29 is 23.1 Å². The Balaban J connectivity index is 1.89. The van der Waals surface area contributed by atoms with Crippen LogP contribution in [-0.4, -0.2) is 36.1 Å². The van der Waals surface area contributed by atoms with Crippen LogP contribution < -0.4 is 20.7 Å². The van der Waals surface area contributed by atoms with E-state index >= 15 is 0 Å². The van der Waals surface area contributed by atoms with Gasteiger partial charge in [-0.25, -0.2) is 9.78 Å². The van der Waals surface area contributed by atoms with Gasteiger partial charge in [-0.2, -0.15) is 8.78 Å². The van der Waals surface area contributed by atoms with Gasteiger partial charge in [0.05, 0.1) is 11.7 Å². The first-order valence-electron chi connectivity index (χ1n) is 7.94. The van der Waals surface area contributed by atoms with Crippen LogP contribution in [0.15, 0.2) is 42.5 Å². The number of alkyl halides is 2.